The van der Waals surface area contributed by atoms with Gasteiger partial charge in [-0.05, 0) is 12.3 Å². The van der Waals surface area contributed by atoms with E-state index in [4.69, 9.17) is 10.8 Å². The Morgan fingerprint density at radius 2 is 2.46 bits per heavy atom. The molecule has 13 heavy (non-hydrogen) atoms. The van der Waals surface area contributed by atoms with Crippen LogP contribution in [0.1, 0.15) is 13.3 Å². The number of aliphatic hydroxyl groups is 1. The first kappa shape index (κ1) is 9.79. The smallest absolute Gasteiger partial charge is 0.243 e. The number of aromatic nitrogens is 3. The molecule has 0 saturated carbocycles. The number of hydrogen-bond acceptors (Lipinski definition) is 5. The van der Waals surface area contributed by atoms with Crippen molar-refractivity contribution in [2.45, 2.75) is 13.3 Å². The fraction of sp³-hybridized carbons (Fsp3) is 0.714. The van der Waals surface area contributed by atoms with Gasteiger partial charge in [-0.2, -0.15) is 4.98 Å². The first-order chi connectivity index (χ1) is 6.22. The van der Waals surface area contributed by atoms with Gasteiger partial charge in [-0.25, -0.2) is 5.10 Å². The topological polar surface area (TPSA) is 99.8 Å². The van der Waals surface area contributed by atoms with E-state index in [1.54, 1.807) is 0 Å². The molecule has 5 N–H and O–H groups in total. The van der Waals surface area contributed by atoms with Gasteiger partial charge in [-0.15, -0.1) is 5.10 Å². The van der Waals surface area contributed by atoms with Gasteiger partial charge in [-0.3, -0.25) is 0 Å². The molecule has 0 bridgehead atoms. The van der Waals surface area contributed by atoms with Gasteiger partial charge in [0.05, 0.1) is 0 Å². The average molecular weight is 185 g/mol. The van der Waals surface area contributed by atoms with E-state index in [2.05, 4.69) is 20.5 Å². The van der Waals surface area contributed by atoms with Gasteiger partial charge >= 0.3 is 0 Å². The van der Waals surface area contributed by atoms with Crippen LogP contribution in [0.2, 0.25) is 0 Å². The van der Waals surface area contributed by atoms with Gasteiger partial charge in [0.25, 0.3) is 0 Å². The Balaban J connectivity index is 2.26. The summed E-state index contributed by atoms with van der Waals surface area (Å²) in [4.78, 5) is 3.88. The largest absolute Gasteiger partial charge is 0.396 e. The monoisotopic (exact) mass is 185 g/mol. The minimum absolute atomic E-state index is 0.207. The molecule has 0 fully saturated rings. The van der Waals surface area contributed by atoms with Crippen molar-refractivity contribution in [3.8, 4) is 0 Å². The van der Waals surface area contributed by atoms with Crippen LogP contribution in [-0.4, -0.2) is 33.4 Å². The molecular formula is C7H15N5O. The third-order valence-corrected chi connectivity index (χ3v) is 1.73. The van der Waals surface area contributed by atoms with Gasteiger partial charge < -0.3 is 16.2 Å². The Labute approximate surface area is 76.6 Å². The number of hydrogen-bond donors (Lipinski definition) is 4. The predicted octanol–water partition coefficient (Wildman–Crippen LogP) is -0.183. The zero-order valence-electron chi connectivity index (χ0n) is 7.62. The van der Waals surface area contributed by atoms with E-state index in [0.29, 0.717) is 17.8 Å². The minimum Gasteiger partial charge on any atom is -0.396 e. The molecule has 0 amide bonds. The maximum absolute atomic E-state index is 8.65. The van der Waals surface area contributed by atoms with Crippen LogP contribution in [0.3, 0.4) is 0 Å². The van der Waals surface area contributed by atoms with E-state index in [-0.39, 0.29) is 6.61 Å². The zero-order chi connectivity index (χ0) is 9.68. The minimum atomic E-state index is 0.207. The Morgan fingerprint density at radius 1 is 1.69 bits per heavy atom. The lowest BCUT2D eigenvalue weighted by Gasteiger charge is -2.08. The quantitative estimate of drug-likeness (QED) is 0.510. The lowest BCUT2D eigenvalue weighted by atomic mass is 10.1. The highest BCUT2D eigenvalue weighted by Gasteiger charge is 2.03. The normalized spacial score (nSPS) is 12.8. The van der Waals surface area contributed by atoms with Gasteiger partial charge in [-0.1, -0.05) is 6.92 Å². The van der Waals surface area contributed by atoms with Crippen LogP contribution in [0.4, 0.5) is 11.9 Å². The summed E-state index contributed by atoms with van der Waals surface area (Å²) in [6, 6.07) is 0. The third kappa shape index (κ3) is 3.29. The summed E-state index contributed by atoms with van der Waals surface area (Å²) in [6.45, 7) is 2.98. The lowest BCUT2D eigenvalue weighted by Crippen LogP contribution is -2.13. The van der Waals surface area contributed by atoms with Gasteiger partial charge in [0.1, 0.15) is 0 Å². The highest BCUT2D eigenvalue weighted by atomic mass is 16.3. The van der Waals surface area contributed by atoms with Crippen LogP contribution in [0.15, 0.2) is 0 Å². The van der Waals surface area contributed by atoms with Crippen molar-refractivity contribution in [2.75, 3.05) is 24.2 Å². The molecule has 0 aliphatic carbocycles. The molecular weight excluding hydrogens is 170 g/mol. The summed E-state index contributed by atoms with van der Waals surface area (Å²) in [5, 5.41) is 18.0. The van der Waals surface area contributed by atoms with E-state index in [1.807, 2.05) is 6.92 Å². The Kier molecular flexibility index (Phi) is 3.51. The number of nitrogen functional groups attached to an aromatic ring is 1. The molecule has 0 spiro atoms. The summed E-state index contributed by atoms with van der Waals surface area (Å²) in [6.07, 6.45) is 0.771. The average Bonchev–Trinajstić information content (AvgIpc) is 2.49. The number of nitrogens with two attached hydrogens (primary N) is 1. The first-order valence-corrected chi connectivity index (χ1v) is 4.25. The number of H-pyrrole nitrogens is 1. The molecule has 1 aromatic heterocycles. The second kappa shape index (κ2) is 4.66. The second-order valence-corrected chi connectivity index (χ2v) is 3.04. The number of nitrogens with zero attached hydrogens (tertiary/aromatic N) is 2. The molecule has 0 saturated heterocycles. The molecule has 0 aromatic carbocycles. The van der Waals surface area contributed by atoms with E-state index in [0.717, 1.165) is 13.0 Å². The molecule has 6 nitrogen and oxygen atoms in total. The van der Waals surface area contributed by atoms with Crippen molar-refractivity contribution < 1.29 is 5.11 Å². The Morgan fingerprint density at radius 3 is 3.00 bits per heavy atom. The van der Waals surface area contributed by atoms with Gasteiger partial charge in [0.2, 0.25) is 11.9 Å². The van der Waals surface area contributed by atoms with Crippen LogP contribution in [0.25, 0.3) is 0 Å². The van der Waals surface area contributed by atoms with Crippen molar-refractivity contribution in [1.29, 1.82) is 0 Å². The highest BCUT2D eigenvalue weighted by molar-refractivity contribution is 5.29. The van der Waals surface area contributed by atoms with Crippen molar-refractivity contribution in [3.63, 3.8) is 0 Å². The SMILES string of the molecule is CC(CCO)CNc1n[nH]c(N)n1. The van der Waals surface area contributed by atoms with E-state index in [1.165, 1.54) is 0 Å². The summed E-state index contributed by atoms with van der Waals surface area (Å²) in [5.41, 5.74) is 5.33. The van der Waals surface area contributed by atoms with E-state index < -0.39 is 0 Å². The summed E-state index contributed by atoms with van der Waals surface area (Å²) < 4.78 is 0. The van der Waals surface area contributed by atoms with E-state index in [9.17, 15) is 0 Å². The molecule has 1 heterocycles. The van der Waals surface area contributed by atoms with Crippen LogP contribution in [0.5, 0.6) is 0 Å². The van der Waals surface area contributed by atoms with E-state index >= 15 is 0 Å². The molecule has 0 radical (unpaired) electrons. The standard InChI is InChI=1S/C7H15N5O/c1-5(2-3-13)4-9-7-10-6(8)11-12-7/h5,13H,2-4H2,1H3,(H4,8,9,10,11,12). The van der Waals surface area contributed by atoms with Crippen molar-refractivity contribution >= 4 is 11.9 Å². The molecule has 0 aliphatic rings. The number of nitrogens with one attached hydrogen (secondary N) is 2. The fourth-order valence-corrected chi connectivity index (χ4v) is 0.941. The number of rotatable bonds is 5. The third-order valence-electron chi connectivity index (χ3n) is 1.73. The van der Waals surface area contributed by atoms with Crippen molar-refractivity contribution in [1.82, 2.24) is 15.2 Å². The molecule has 1 unspecified atom stereocenters. The second-order valence-electron chi connectivity index (χ2n) is 3.04. The Bertz CT molecular complexity index is 249. The first-order valence-electron chi connectivity index (χ1n) is 4.25. The molecule has 1 rings (SSSR count). The maximum Gasteiger partial charge on any atom is 0.243 e. The van der Waals surface area contributed by atoms with Gasteiger partial charge in [0.15, 0.2) is 0 Å². The number of aliphatic hydroxyl groups excluding tert-OH is 1. The maximum atomic E-state index is 8.65. The lowest BCUT2D eigenvalue weighted by molar-refractivity contribution is 0.265. The predicted molar refractivity (Wildman–Crippen MR) is 50.2 cm³/mol. The van der Waals surface area contributed by atoms with Crippen LogP contribution in [0, 0.1) is 5.92 Å². The van der Waals surface area contributed by atoms with Crippen molar-refractivity contribution in [3.05, 3.63) is 0 Å². The van der Waals surface area contributed by atoms with Crippen LogP contribution in [-0.2, 0) is 0 Å². The molecule has 0 aliphatic heterocycles. The van der Waals surface area contributed by atoms with Gasteiger partial charge in [0, 0.05) is 13.2 Å². The Hall–Kier alpha value is -1.30. The molecule has 1 aromatic rings. The molecule has 6 heteroatoms. The summed E-state index contributed by atoms with van der Waals surface area (Å²) in [5.74, 6) is 1.20. The molecule has 1 atom stereocenters. The number of anilines is 2. The highest BCUT2D eigenvalue weighted by Crippen LogP contribution is 2.03. The number of aromatic amines is 1. The van der Waals surface area contributed by atoms with Crippen molar-refractivity contribution in [2.24, 2.45) is 5.92 Å². The summed E-state index contributed by atoms with van der Waals surface area (Å²) >= 11 is 0. The van der Waals surface area contributed by atoms with Crippen LogP contribution < -0.4 is 11.1 Å². The molecule has 74 valence electrons. The fourth-order valence-electron chi connectivity index (χ4n) is 0.941. The zero-order valence-corrected chi connectivity index (χ0v) is 7.62. The van der Waals surface area contributed by atoms with Crippen LogP contribution >= 0.6 is 0 Å². The summed E-state index contributed by atoms with van der Waals surface area (Å²) in [7, 11) is 0.